The van der Waals surface area contributed by atoms with Crippen molar-refractivity contribution < 1.29 is 15.0 Å². The van der Waals surface area contributed by atoms with Gasteiger partial charge in [0.15, 0.2) is 0 Å². The number of unbranched alkanes of at least 4 members (excludes halogenated alkanes) is 28. The number of allylic oxidation sites excluding steroid dienone is 11. The summed E-state index contributed by atoms with van der Waals surface area (Å²) in [6.45, 7) is 4.18. The number of carbonyl (C=O) groups excluding carboxylic acids is 1. The SMILES string of the molecule is CC/C=C\C/C=C\C/C=C\CCCCCCCC(=O)NC(CO)C(O)/C=C/CC/C=C/CC/C=C/CCCCCCCCCCCCCCCCCCCCCCC. The van der Waals surface area contributed by atoms with E-state index in [4.69, 9.17) is 0 Å². The summed E-state index contributed by atoms with van der Waals surface area (Å²) in [4.78, 5) is 12.4. The first kappa shape index (κ1) is 55.8. The van der Waals surface area contributed by atoms with E-state index in [1.165, 1.54) is 154 Å². The van der Waals surface area contributed by atoms with E-state index in [9.17, 15) is 15.0 Å². The van der Waals surface area contributed by atoms with Gasteiger partial charge in [-0.1, -0.05) is 234 Å². The highest BCUT2D eigenvalue weighted by atomic mass is 16.3. The van der Waals surface area contributed by atoms with Crippen molar-refractivity contribution in [2.75, 3.05) is 6.61 Å². The lowest BCUT2D eigenvalue weighted by molar-refractivity contribution is -0.123. The monoisotopic (exact) mass is 808 g/mol. The molecule has 4 nitrogen and oxygen atoms in total. The number of rotatable bonds is 45. The van der Waals surface area contributed by atoms with Crippen molar-refractivity contribution in [3.8, 4) is 0 Å². The fourth-order valence-electron chi connectivity index (χ4n) is 7.34. The second-order valence-corrected chi connectivity index (χ2v) is 16.8. The zero-order valence-corrected chi connectivity index (χ0v) is 38.5. The molecule has 0 aliphatic carbocycles. The third-order valence-electron chi connectivity index (χ3n) is 11.2. The minimum absolute atomic E-state index is 0.0967. The average molecular weight is 808 g/mol. The van der Waals surface area contributed by atoms with Gasteiger partial charge in [-0.15, -0.1) is 0 Å². The van der Waals surface area contributed by atoms with Crippen LogP contribution in [0.5, 0.6) is 0 Å². The molecular weight excluding hydrogens is 711 g/mol. The van der Waals surface area contributed by atoms with Gasteiger partial charge >= 0.3 is 0 Å². The van der Waals surface area contributed by atoms with Gasteiger partial charge < -0.3 is 15.5 Å². The van der Waals surface area contributed by atoms with Crippen LogP contribution in [0.15, 0.2) is 72.9 Å². The number of nitrogens with one attached hydrogen (secondary N) is 1. The van der Waals surface area contributed by atoms with E-state index >= 15 is 0 Å². The molecule has 3 N–H and O–H groups in total. The Morgan fingerprint density at radius 3 is 1.21 bits per heavy atom. The highest BCUT2D eigenvalue weighted by Crippen LogP contribution is 2.16. The van der Waals surface area contributed by atoms with Crippen molar-refractivity contribution in [3.63, 3.8) is 0 Å². The van der Waals surface area contributed by atoms with Gasteiger partial charge in [0.1, 0.15) is 0 Å². The Hall–Kier alpha value is -2.17. The molecule has 0 saturated heterocycles. The molecule has 0 saturated carbocycles. The summed E-state index contributed by atoms with van der Waals surface area (Å²) < 4.78 is 0. The highest BCUT2D eigenvalue weighted by Gasteiger charge is 2.17. The van der Waals surface area contributed by atoms with Gasteiger partial charge in [-0.05, 0) is 77.0 Å². The quantitative estimate of drug-likeness (QED) is 0.0424. The standard InChI is InChI=1S/C54H97NO3/c1-3-5-7-9-11-13-15-17-19-20-21-22-23-24-25-26-27-28-29-30-31-32-33-34-36-37-39-41-43-45-47-49-53(57)52(51-56)55-54(58)50-48-46-44-42-40-38-35-18-16-14-12-10-8-6-4-2/h6,8,12,14,18,33-35,39,41,47,49,52-53,56-57H,3-5,7,9-11,13,15-17,19-32,36-38,40,42-46,48,50-51H2,1-2H3,(H,55,58)/b8-6-,14-12-,34-33+,35-18-,41-39+,49-47+. The maximum absolute atomic E-state index is 12.4. The minimum Gasteiger partial charge on any atom is -0.394 e. The van der Waals surface area contributed by atoms with Gasteiger partial charge in [0.05, 0.1) is 18.8 Å². The molecule has 2 atom stereocenters. The van der Waals surface area contributed by atoms with Gasteiger partial charge in [-0.3, -0.25) is 4.79 Å². The largest absolute Gasteiger partial charge is 0.394 e. The Kier molecular flexibility index (Phi) is 47.4. The van der Waals surface area contributed by atoms with Crippen molar-refractivity contribution in [3.05, 3.63) is 72.9 Å². The van der Waals surface area contributed by atoms with Crippen LogP contribution in [0, 0.1) is 0 Å². The third-order valence-corrected chi connectivity index (χ3v) is 11.2. The van der Waals surface area contributed by atoms with Crippen molar-refractivity contribution >= 4 is 5.91 Å². The lowest BCUT2D eigenvalue weighted by atomic mass is 10.0. The molecule has 0 aliphatic rings. The van der Waals surface area contributed by atoms with Gasteiger partial charge in [-0.25, -0.2) is 0 Å². The lowest BCUT2D eigenvalue weighted by Crippen LogP contribution is -2.45. The highest BCUT2D eigenvalue weighted by molar-refractivity contribution is 5.76. The first-order valence-corrected chi connectivity index (χ1v) is 25.2. The fourth-order valence-corrected chi connectivity index (χ4v) is 7.34. The summed E-state index contributed by atoms with van der Waals surface area (Å²) in [5, 5.41) is 23.0. The minimum atomic E-state index is -0.881. The Balaban J connectivity index is 3.58. The second-order valence-electron chi connectivity index (χ2n) is 16.8. The molecule has 0 radical (unpaired) electrons. The van der Waals surface area contributed by atoms with E-state index in [2.05, 4.69) is 79.9 Å². The van der Waals surface area contributed by atoms with E-state index in [-0.39, 0.29) is 12.5 Å². The molecule has 0 aromatic heterocycles. The van der Waals surface area contributed by atoms with Crippen molar-refractivity contribution in [1.82, 2.24) is 5.32 Å². The molecular formula is C54H97NO3. The van der Waals surface area contributed by atoms with Crippen molar-refractivity contribution in [2.45, 2.75) is 257 Å². The number of aliphatic hydroxyl groups excluding tert-OH is 2. The van der Waals surface area contributed by atoms with E-state index in [1.54, 1.807) is 6.08 Å². The molecule has 336 valence electrons. The predicted octanol–water partition coefficient (Wildman–Crippen LogP) is 16.2. The number of amides is 1. The molecule has 0 aliphatic heterocycles. The molecule has 0 spiro atoms. The molecule has 0 aromatic carbocycles. The van der Waals surface area contributed by atoms with Crippen LogP contribution in [0.3, 0.4) is 0 Å². The normalized spacial score (nSPS) is 13.5. The molecule has 0 aromatic rings. The van der Waals surface area contributed by atoms with E-state index in [1.807, 2.05) is 6.08 Å². The maximum atomic E-state index is 12.4. The smallest absolute Gasteiger partial charge is 0.220 e. The second kappa shape index (κ2) is 49.2. The summed E-state index contributed by atoms with van der Waals surface area (Å²) in [5.41, 5.74) is 0. The first-order valence-electron chi connectivity index (χ1n) is 25.2. The van der Waals surface area contributed by atoms with Crippen molar-refractivity contribution in [2.24, 2.45) is 0 Å². The molecule has 1 amide bonds. The first-order chi connectivity index (χ1) is 28.7. The van der Waals surface area contributed by atoms with Gasteiger partial charge in [0, 0.05) is 6.42 Å². The molecule has 0 rings (SSSR count). The molecule has 0 heterocycles. The van der Waals surface area contributed by atoms with Crippen LogP contribution < -0.4 is 5.32 Å². The van der Waals surface area contributed by atoms with Crippen LogP contribution in [0.4, 0.5) is 0 Å². The van der Waals surface area contributed by atoms with E-state index in [0.717, 1.165) is 70.6 Å². The zero-order chi connectivity index (χ0) is 42.1. The molecule has 58 heavy (non-hydrogen) atoms. The predicted molar refractivity (Wildman–Crippen MR) is 257 cm³/mol. The summed E-state index contributed by atoms with van der Waals surface area (Å²) in [7, 11) is 0. The van der Waals surface area contributed by atoms with Crippen LogP contribution in [0.2, 0.25) is 0 Å². The van der Waals surface area contributed by atoms with Gasteiger partial charge in [-0.2, -0.15) is 0 Å². The number of hydrogen-bond donors (Lipinski definition) is 3. The van der Waals surface area contributed by atoms with Crippen molar-refractivity contribution in [1.29, 1.82) is 0 Å². The Labute approximate surface area is 361 Å². The number of aliphatic hydroxyl groups is 2. The summed E-state index contributed by atoms with van der Waals surface area (Å²) in [6.07, 6.45) is 70.5. The summed E-state index contributed by atoms with van der Waals surface area (Å²) in [5.74, 6) is -0.0967. The average Bonchev–Trinajstić information content (AvgIpc) is 3.23. The maximum Gasteiger partial charge on any atom is 0.220 e. The number of hydrogen-bond acceptors (Lipinski definition) is 3. The third kappa shape index (κ3) is 44.9. The van der Waals surface area contributed by atoms with Gasteiger partial charge in [0.2, 0.25) is 5.91 Å². The van der Waals surface area contributed by atoms with Crippen LogP contribution >= 0.6 is 0 Å². The summed E-state index contributed by atoms with van der Waals surface area (Å²) in [6, 6.07) is -0.658. The summed E-state index contributed by atoms with van der Waals surface area (Å²) >= 11 is 0. The molecule has 2 unspecified atom stereocenters. The Bertz CT molecular complexity index is 1010. The van der Waals surface area contributed by atoms with E-state index in [0.29, 0.717) is 6.42 Å². The van der Waals surface area contributed by atoms with Crippen LogP contribution in [-0.4, -0.2) is 34.9 Å². The molecule has 0 fully saturated rings. The number of carbonyl (C=O) groups is 1. The van der Waals surface area contributed by atoms with Crippen LogP contribution in [-0.2, 0) is 4.79 Å². The Morgan fingerprint density at radius 2 is 0.776 bits per heavy atom. The topological polar surface area (TPSA) is 69.6 Å². The van der Waals surface area contributed by atoms with Crippen LogP contribution in [0.1, 0.15) is 245 Å². The van der Waals surface area contributed by atoms with Gasteiger partial charge in [0.25, 0.3) is 0 Å². The fraction of sp³-hybridized carbons (Fsp3) is 0.759. The lowest BCUT2D eigenvalue weighted by Gasteiger charge is -2.19. The molecule has 0 bridgehead atoms. The van der Waals surface area contributed by atoms with E-state index < -0.39 is 12.1 Å². The molecule has 4 heteroatoms. The zero-order valence-electron chi connectivity index (χ0n) is 38.5. The Morgan fingerprint density at radius 1 is 0.431 bits per heavy atom. The van der Waals surface area contributed by atoms with Crippen LogP contribution in [0.25, 0.3) is 0 Å².